The number of rotatable bonds is 6. The Balaban J connectivity index is 1.55. The third-order valence-corrected chi connectivity index (χ3v) is 6.86. The van der Waals surface area contributed by atoms with Crippen molar-refractivity contribution in [1.29, 1.82) is 5.26 Å². The summed E-state index contributed by atoms with van der Waals surface area (Å²) in [5.41, 5.74) is 2.21. The van der Waals surface area contributed by atoms with Gasteiger partial charge in [-0.15, -0.1) is 0 Å². The van der Waals surface area contributed by atoms with Crippen molar-refractivity contribution in [2.75, 3.05) is 50.1 Å². The number of pyridine rings is 1. The molecule has 0 saturated carbocycles. The number of carbonyl (C=O) groups excluding carboxylic acids is 1. The normalized spacial score (nSPS) is 22.6. The van der Waals surface area contributed by atoms with Crippen LogP contribution in [0.5, 0.6) is 0 Å². The number of aromatic nitrogens is 1. The fourth-order valence-corrected chi connectivity index (χ4v) is 5.03. The highest BCUT2D eigenvalue weighted by Crippen LogP contribution is 2.38. The van der Waals surface area contributed by atoms with Crippen molar-refractivity contribution in [3.8, 4) is 6.07 Å². The van der Waals surface area contributed by atoms with Crippen molar-refractivity contribution in [2.45, 2.75) is 56.4 Å². The number of morpholine rings is 1. The number of fused-ring (bicyclic) bond motifs is 1. The van der Waals surface area contributed by atoms with E-state index in [1.807, 2.05) is 13.8 Å². The molecule has 0 bridgehead atoms. The first-order valence-electron chi connectivity index (χ1n) is 10.9. The van der Waals surface area contributed by atoms with Crippen LogP contribution in [0, 0.1) is 11.3 Å². The fraction of sp³-hybridized carbons (Fsp3) is 0.682. The summed E-state index contributed by atoms with van der Waals surface area (Å²) in [5.74, 6) is 1.01. The van der Waals surface area contributed by atoms with Gasteiger partial charge in [0.05, 0.1) is 42.8 Å². The number of amides is 1. The van der Waals surface area contributed by atoms with E-state index in [1.165, 1.54) is 11.8 Å². The number of nitriles is 1. The van der Waals surface area contributed by atoms with Crippen LogP contribution in [0.15, 0.2) is 5.03 Å². The van der Waals surface area contributed by atoms with Gasteiger partial charge in [0.1, 0.15) is 16.9 Å². The summed E-state index contributed by atoms with van der Waals surface area (Å²) in [4.78, 5) is 19.5. The highest BCUT2D eigenvalue weighted by Gasteiger charge is 2.33. The molecule has 8 nitrogen and oxygen atoms in total. The maximum Gasteiger partial charge on any atom is 0.230 e. The van der Waals surface area contributed by atoms with Gasteiger partial charge >= 0.3 is 0 Å². The van der Waals surface area contributed by atoms with Crippen LogP contribution in [0.4, 0.5) is 5.82 Å². The third-order valence-electron chi connectivity index (χ3n) is 5.88. The van der Waals surface area contributed by atoms with Crippen LogP contribution in [0.3, 0.4) is 0 Å². The summed E-state index contributed by atoms with van der Waals surface area (Å²) in [7, 11) is 0. The molecule has 0 radical (unpaired) electrons. The highest BCUT2D eigenvalue weighted by molar-refractivity contribution is 8.00. The maximum absolute atomic E-state index is 12.4. The van der Waals surface area contributed by atoms with E-state index in [0.717, 1.165) is 49.5 Å². The Bertz CT molecular complexity index is 858. The van der Waals surface area contributed by atoms with Gasteiger partial charge in [0, 0.05) is 38.2 Å². The molecule has 4 heterocycles. The monoisotopic (exact) mass is 446 g/mol. The van der Waals surface area contributed by atoms with Crippen LogP contribution in [0.1, 0.15) is 43.4 Å². The molecule has 9 heteroatoms. The van der Waals surface area contributed by atoms with Crippen molar-refractivity contribution in [3.05, 3.63) is 16.7 Å². The standard InChI is InChI=1S/C22H30N4O4S/c1-22(2)10-16-17(11-23)21(31-14-19(27)24-12-15-4-3-7-29-15)25-20(18(16)13-30-22)26-5-8-28-9-6-26/h15H,3-10,12-14H2,1-2H3,(H,24,27)/t15-/m0/s1. The fourth-order valence-electron chi connectivity index (χ4n) is 4.20. The summed E-state index contributed by atoms with van der Waals surface area (Å²) < 4.78 is 17.1. The van der Waals surface area contributed by atoms with Crippen LogP contribution < -0.4 is 10.2 Å². The molecule has 31 heavy (non-hydrogen) atoms. The highest BCUT2D eigenvalue weighted by atomic mass is 32.2. The van der Waals surface area contributed by atoms with E-state index in [2.05, 4.69) is 16.3 Å². The number of hydrogen-bond acceptors (Lipinski definition) is 8. The molecule has 3 aliphatic heterocycles. The van der Waals surface area contributed by atoms with Crippen molar-refractivity contribution in [3.63, 3.8) is 0 Å². The van der Waals surface area contributed by atoms with Crippen LogP contribution in [0.2, 0.25) is 0 Å². The molecule has 168 valence electrons. The lowest BCUT2D eigenvalue weighted by Gasteiger charge is -2.36. The summed E-state index contributed by atoms with van der Waals surface area (Å²) in [6, 6.07) is 2.36. The smallest absolute Gasteiger partial charge is 0.230 e. The van der Waals surface area contributed by atoms with Gasteiger partial charge < -0.3 is 24.4 Å². The first-order chi connectivity index (χ1) is 15.0. The molecule has 0 unspecified atom stereocenters. The predicted octanol–water partition coefficient (Wildman–Crippen LogP) is 2.03. The van der Waals surface area contributed by atoms with E-state index in [4.69, 9.17) is 19.2 Å². The van der Waals surface area contributed by atoms with Gasteiger partial charge in [-0.2, -0.15) is 5.26 Å². The topological polar surface area (TPSA) is 96.7 Å². The minimum absolute atomic E-state index is 0.0690. The lowest BCUT2D eigenvalue weighted by molar-refractivity contribution is -0.119. The second kappa shape index (κ2) is 9.74. The zero-order chi connectivity index (χ0) is 21.8. The number of anilines is 1. The minimum atomic E-state index is -0.344. The van der Waals surface area contributed by atoms with Crippen LogP contribution >= 0.6 is 11.8 Å². The Kier molecular flexibility index (Phi) is 7.02. The molecule has 4 rings (SSSR count). The van der Waals surface area contributed by atoms with Crippen molar-refractivity contribution in [2.24, 2.45) is 0 Å². The van der Waals surface area contributed by atoms with Crippen LogP contribution in [-0.4, -0.2) is 67.8 Å². The molecule has 1 N–H and O–H groups in total. The number of hydrogen-bond donors (Lipinski definition) is 1. The molecule has 1 aromatic heterocycles. The van der Waals surface area contributed by atoms with Crippen molar-refractivity contribution in [1.82, 2.24) is 10.3 Å². The molecule has 1 aromatic rings. The number of ether oxygens (including phenoxy) is 3. The molecule has 2 fully saturated rings. The molecule has 0 spiro atoms. The second-order valence-electron chi connectivity index (χ2n) is 8.74. The van der Waals surface area contributed by atoms with Crippen molar-refractivity contribution >= 4 is 23.5 Å². The largest absolute Gasteiger partial charge is 0.378 e. The molecular formula is C22H30N4O4S. The minimum Gasteiger partial charge on any atom is -0.378 e. The van der Waals surface area contributed by atoms with E-state index in [9.17, 15) is 10.1 Å². The lowest BCUT2D eigenvalue weighted by atomic mass is 9.89. The van der Waals surface area contributed by atoms with Crippen LogP contribution in [-0.2, 0) is 32.0 Å². The predicted molar refractivity (Wildman–Crippen MR) is 117 cm³/mol. The van der Waals surface area contributed by atoms with Gasteiger partial charge in [0.25, 0.3) is 0 Å². The summed E-state index contributed by atoms with van der Waals surface area (Å²) in [6.07, 6.45) is 2.79. The maximum atomic E-state index is 12.4. The van der Waals surface area contributed by atoms with Crippen LogP contribution in [0.25, 0.3) is 0 Å². The molecule has 3 aliphatic rings. The average molecular weight is 447 g/mol. The number of carbonyl (C=O) groups is 1. The summed E-state index contributed by atoms with van der Waals surface area (Å²) in [5, 5.41) is 13.5. The van der Waals surface area contributed by atoms with Gasteiger partial charge in [-0.1, -0.05) is 11.8 Å². The Morgan fingerprint density at radius 1 is 1.32 bits per heavy atom. The van der Waals surface area contributed by atoms with Gasteiger partial charge in [0.15, 0.2) is 0 Å². The quantitative estimate of drug-likeness (QED) is 0.663. The average Bonchev–Trinajstić information content (AvgIpc) is 3.29. The van der Waals surface area contributed by atoms with Crippen molar-refractivity contribution < 1.29 is 19.0 Å². The lowest BCUT2D eigenvalue weighted by Crippen LogP contribution is -2.40. The van der Waals surface area contributed by atoms with Gasteiger partial charge in [-0.3, -0.25) is 4.79 Å². The van der Waals surface area contributed by atoms with Gasteiger partial charge in [-0.05, 0) is 32.3 Å². The van der Waals surface area contributed by atoms with E-state index in [-0.39, 0.29) is 23.4 Å². The zero-order valence-electron chi connectivity index (χ0n) is 18.2. The van der Waals surface area contributed by atoms with E-state index >= 15 is 0 Å². The Morgan fingerprint density at radius 2 is 2.13 bits per heavy atom. The Labute approximate surface area is 187 Å². The summed E-state index contributed by atoms with van der Waals surface area (Å²) in [6.45, 7) is 8.62. The van der Waals surface area contributed by atoms with Gasteiger partial charge in [0.2, 0.25) is 5.91 Å². The first kappa shape index (κ1) is 22.3. The van der Waals surface area contributed by atoms with E-state index in [0.29, 0.717) is 43.4 Å². The third kappa shape index (κ3) is 5.32. The first-order valence-corrected chi connectivity index (χ1v) is 11.9. The number of nitrogens with one attached hydrogen (secondary N) is 1. The molecule has 2 saturated heterocycles. The SMILES string of the molecule is CC1(C)Cc2c(C#N)c(SCC(=O)NC[C@@H]3CCCO3)nc(N3CCOCC3)c2CO1. The zero-order valence-corrected chi connectivity index (χ0v) is 19.1. The number of nitrogens with zero attached hydrogens (tertiary/aromatic N) is 3. The van der Waals surface area contributed by atoms with E-state index in [1.54, 1.807) is 0 Å². The van der Waals surface area contributed by atoms with Gasteiger partial charge in [-0.25, -0.2) is 4.98 Å². The number of thioether (sulfide) groups is 1. The summed E-state index contributed by atoms with van der Waals surface area (Å²) >= 11 is 1.33. The molecule has 1 amide bonds. The second-order valence-corrected chi connectivity index (χ2v) is 9.70. The molecule has 1 atom stereocenters. The Morgan fingerprint density at radius 3 is 2.84 bits per heavy atom. The molecule has 0 aliphatic carbocycles. The van der Waals surface area contributed by atoms with E-state index < -0.39 is 0 Å². The molecule has 0 aromatic carbocycles. The molecular weight excluding hydrogens is 416 g/mol. The Hall–Kier alpha value is -1.86.